The van der Waals surface area contributed by atoms with Gasteiger partial charge in [-0.1, -0.05) is 23.7 Å². The van der Waals surface area contributed by atoms with Gasteiger partial charge < -0.3 is 9.30 Å². The second-order valence-electron chi connectivity index (χ2n) is 5.27. The number of rotatable bonds is 5. The van der Waals surface area contributed by atoms with Crippen molar-refractivity contribution in [3.05, 3.63) is 69.3 Å². The highest BCUT2D eigenvalue weighted by Crippen LogP contribution is 2.23. The monoisotopic (exact) mass is 371 g/mol. The third-order valence-electron chi connectivity index (χ3n) is 3.72. The molecule has 2 aromatic carbocycles. The van der Waals surface area contributed by atoms with Gasteiger partial charge in [0.15, 0.2) is 0 Å². The fraction of sp³-hybridized carbons (Fsp3) is 0.158. The number of hydrogen-bond donors (Lipinski definition) is 0. The molecule has 0 aliphatic rings. The Morgan fingerprint density at radius 2 is 1.84 bits per heavy atom. The van der Waals surface area contributed by atoms with E-state index in [1.165, 1.54) is 0 Å². The zero-order valence-electron chi connectivity index (χ0n) is 14.0. The van der Waals surface area contributed by atoms with E-state index in [4.69, 9.17) is 16.3 Å². The Bertz CT molecular complexity index is 925. The molecule has 4 nitrogen and oxygen atoms in total. The molecule has 0 radical (unpaired) electrons. The van der Waals surface area contributed by atoms with Crippen LogP contribution < -0.4 is 9.54 Å². The lowest BCUT2D eigenvalue weighted by Crippen LogP contribution is -2.14. The van der Waals surface area contributed by atoms with Crippen molar-refractivity contribution in [2.75, 3.05) is 7.11 Å². The van der Waals surface area contributed by atoms with Crippen LogP contribution in [0.25, 0.3) is 11.3 Å². The molecular weight excluding hydrogens is 354 g/mol. The van der Waals surface area contributed by atoms with E-state index in [1.54, 1.807) is 24.7 Å². The van der Waals surface area contributed by atoms with Crippen LogP contribution in [-0.4, -0.2) is 17.9 Å². The Kier molecular flexibility index (Phi) is 5.68. The van der Waals surface area contributed by atoms with E-state index in [1.807, 2.05) is 48.5 Å². The quantitative estimate of drug-likeness (QED) is 0.467. The lowest BCUT2D eigenvalue weighted by molar-refractivity contribution is 0.415. The molecule has 0 atom stereocenters. The first-order chi connectivity index (χ1) is 12.2. The molecule has 3 rings (SSSR count). The molecule has 0 unspecified atom stereocenters. The maximum Gasteiger partial charge on any atom is 0.211 e. The zero-order chi connectivity index (χ0) is 17.6. The summed E-state index contributed by atoms with van der Waals surface area (Å²) < 4.78 is 7.36. The lowest BCUT2D eigenvalue weighted by atomic mass is 10.1. The van der Waals surface area contributed by atoms with Crippen LogP contribution in [0, 0.1) is 0 Å². The SMILES string of the molecule is CCn1c(-c2ccc(OC)cc2)cs/c1=N\N=C/c1ccc(Cl)cc1. The number of halogens is 1. The maximum atomic E-state index is 5.88. The minimum atomic E-state index is 0.709. The molecule has 0 amide bonds. The van der Waals surface area contributed by atoms with Crippen molar-refractivity contribution in [2.24, 2.45) is 10.2 Å². The minimum Gasteiger partial charge on any atom is -0.497 e. The van der Waals surface area contributed by atoms with Crippen molar-refractivity contribution in [1.29, 1.82) is 0 Å². The predicted octanol–water partition coefficient (Wildman–Crippen LogP) is 4.83. The summed E-state index contributed by atoms with van der Waals surface area (Å²) in [6, 6.07) is 15.5. The Morgan fingerprint density at radius 1 is 1.12 bits per heavy atom. The number of benzene rings is 2. The molecular formula is C19H18ClN3OS. The summed E-state index contributed by atoms with van der Waals surface area (Å²) in [7, 11) is 1.67. The molecule has 25 heavy (non-hydrogen) atoms. The molecule has 1 aromatic heterocycles. The zero-order valence-corrected chi connectivity index (χ0v) is 15.6. The van der Waals surface area contributed by atoms with Gasteiger partial charge in [-0.05, 0) is 54.4 Å². The van der Waals surface area contributed by atoms with Crippen molar-refractivity contribution < 1.29 is 4.74 Å². The smallest absolute Gasteiger partial charge is 0.211 e. The third kappa shape index (κ3) is 4.18. The molecule has 128 valence electrons. The van der Waals surface area contributed by atoms with Crippen LogP contribution in [0.2, 0.25) is 5.02 Å². The first kappa shape index (κ1) is 17.5. The lowest BCUT2D eigenvalue weighted by Gasteiger charge is -2.06. The van der Waals surface area contributed by atoms with Gasteiger partial charge in [0.2, 0.25) is 4.80 Å². The molecule has 0 aliphatic heterocycles. The molecule has 6 heteroatoms. The van der Waals surface area contributed by atoms with Crippen molar-refractivity contribution in [1.82, 2.24) is 4.57 Å². The van der Waals surface area contributed by atoms with Crippen molar-refractivity contribution in [3.8, 4) is 17.0 Å². The number of aromatic nitrogens is 1. The number of methoxy groups -OCH3 is 1. The van der Waals surface area contributed by atoms with Crippen LogP contribution in [0.3, 0.4) is 0 Å². The highest BCUT2D eigenvalue weighted by molar-refractivity contribution is 7.07. The second-order valence-corrected chi connectivity index (χ2v) is 6.55. The van der Waals surface area contributed by atoms with E-state index in [-0.39, 0.29) is 0 Å². The van der Waals surface area contributed by atoms with Crippen LogP contribution in [0.1, 0.15) is 12.5 Å². The standard InChI is InChI=1S/C19H18ClN3OS/c1-3-23-18(15-6-10-17(24-2)11-7-15)13-25-19(23)22-21-12-14-4-8-16(20)9-5-14/h4-13H,3H2,1-2H3/b21-12-,22-19-. The first-order valence-corrected chi connectivity index (χ1v) is 9.12. The van der Waals surface area contributed by atoms with Crippen LogP contribution in [0.5, 0.6) is 5.75 Å². The van der Waals surface area contributed by atoms with Crippen molar-refractivity contribution >= 4 is 29.2 Å². The van der Waals surface area contributed by atoms with E-state index < -0.39 is 0 Å². The largest absolute Gasteiger partial charge is 0.497 e. The van der Waals surface area contributed by atoms with Gasteiger partial charge in [-0.2, -0.15) is 5.10 Å². The Labute approximate surface area is 155 Å². The molecule has 0 bridgehead atoms. The highest BCUT2D eigenvalue weighted by atomic mass is 35.5. The average Bonchev–Trinajstić information content (AvgIpc) is 3.06. The molecule has 0 saturated carbocycles. The number of nitrogens with zero attached hydrogens (tertiary/aromatic N) is 3. The molecule has 0 saturated heterocycles. The molecule has 0 spiro atoms. The Balaban J connectivity index is 1.89. The first-order valence-electron chi connectivity index (χ1n) is 7.86. The van der Waals surface area contributed by atoms with Crippen molar-refractivity contribution in [2.45, 2.75) is 13.5 Å². The van der Waals surface area contributed by atoms with E-state index >= 15 is 0 Å². The molecule has 1 heterocycles. The number of hydrogen-bond acceptors (Lipinski definition) is 4. The van der Waals surface area contributed by atoms with Gasteiger partial charge in [0.1, 0.15) is 5.75 Å². The summed E-state index contributed by atoms with van der Waals surface area (Å²) in [5.41, 5.74) is 3.21. The molecule has 0 N–H and O–H groups in total. The number of thiazole rings is 1. The third-order valence-corrected chi connectivity index (χ3v) is 4.83. The summed E-state index contributed by atoms with van der Waals surface area (Å²) in [6.07, 6.45) is 1.73. The summed E-state index contributed by atoms with van der Waals surface area (Å²) in [6.45, 7) is 2.92. The minimum absolute atomic E-state index is 0.709. The van der Waals surface area contributed by atoms with E-state index in [9.17, 15) is 0 Å². The predicted molar refractivity (Wildman–Crippen MR) is 105 cm³/mol. The molecule has 0 aliphatic carbocycles. The summed E-state index contributed by atoms with van der Waals surface area (Å²) in [5.74, 6) is 0.847. The normalized spacial score (nSPS) is 12.0. The van der Waals surface area contributed by atoms with E-state index in [0.717, 1.165) is 33.9 Å². The van der Waals surface area contributed by atoms with Crippen LogP contribution in [-0.2, 0) is 6.54 Å². The fourth-order valence-electron chi connectivity index (χ4n) is 2.40. The second kappa shape index (κ2) is 8.14. The molecule has 3 aromatic rings. The number of ether oxygens (including phenoxy) is 1. The van der Waals surface area contributed by atoms with Gasteiger partial charge in [-0.25, -0.2) is 0 Å². The van der Waals surface area contributed by atoms with E-state index in [0.29, 0.717) is 5.02 Å². The Morgan fingerprint density at radius 3 is 2.48 bits per heavy atom. The summed E-state index contributed by atoms with van der Waals surface area (Å²) in [5, 5.41) is 11.4. The highest BCUT2D eigenvalue weighted by Gasteiger charge is 2.06. The fourth-order valence-corrected chi connectivity index (χ4v) is 3.46. The average molecular weight is 372 g/mol. The van der Waals surface area contributed by atoms with E-state index in [2.05, 4.69) is 27.1 Å². The van der Waals surface area contributed by atoms with Crippen molar-refractivity contribution in [3.63, 3.8) is 0 Å². The topological polar surface area (TPSA) is 38.9 Å². The van der Waals surface area contributed by atoms with Crippen LogP contribution in [0.15, 0.2) is 64.1 Å². The van der Waals surface area contributed by atoms with Gasteiger partial charge in [0, 0.05) is 16.9 Å². The summed E-state index contributed by atoms with van der Waals surface area (Å²) in [4.78, 5) is 0.860. The summed E-state index contributed by atoms with van der Waals surface area (Å²) >= 11 is 7.46. The van der Waals surface area contributed by atoms with Gasteiger partial charge >= 0.3 is 0 Å². The van der Waals surface area contributed by atoms with Crippen LogP contribution in [0.4, 0.5) is 0 Å². The van der Waals surface area contributed by atoms with Crippen LogP contribution >= 0.6 is 22.9 Å². The van der Waals surface area contributed by atoms with Gasteiger partial charge in [-0.15, -0.1) is 16.4 Å². The van der Waals surface area contributed by atoms with Gasteiger partial charge in [0.25, 0.3) is 0 Å². The van der Waals surface area contributed by atoms with Gasteiger partial charge in [-0.3, -0.25) is 0 Å². The molecule has 0 fully saturated rings. The maximum absolute atomic E-state index is 5.88. The Hall–Kier alpha value is -2.37. The van der Waals surface area contributed by atoms with Gasteiger partial charge in [0.05, 0.1) is 19.0 Å².